The number of fused-ring (bicyclic) bond motifs is 5. The molecule has 2 bridgehead atoms. The smallest absolute Gasteiger partial charge is 0.251 e. The first kappa shape index (κ1) is 16.7. The highest BCUT2D eigenvalue weighted by Gasteiger charge is 2.59. The number of allylic oxidation sites excluding steroid dienone is 2. The van der Waals surface area contributed by atoms with Crippen LogP contribution in [-0.2, 0) is 14.3 Å². The van der Waals surface area contributed by atoms with Crippen LogP contribution in [0.1, 0.15) is 29.6 Å². The van der Waals surface area contributed by atoms with Crippen molar-refractivity contribution in [3.8, 4) is 0 Å². The number of carbonyl (C=O) groups is 3. The van der Waals surface area contributed by atoms with Gasteiger partial charge in [-0.25, -0.2) is 4.90 Å². The summed E-state index contributed by atoms with van der Waals surface area (Å²) >= 11 is 0. The molecule has 3 amide bonds. The second-order valence-electron chi connectivity index (χ2n) is 7.91. The van der Waals surface area contributed by atoms with Gasteiger partial charge in [0, 0.05) is 18.7 Å². The summed E-state index contributed by atoms with van der Waals surface area (Å²) in [5.41, 5.74) is 0.938. The van der Waals surface area contributed by atoms with Crippen LogP contribution in [0.4, 0.5) is 5.69 Å². The van der Waals surface area contributed by atoms with Crippen molar-refractivity contribution < 1.29 is 19.1 Å². The lowest BCUT2D eigenvalue weighted by atomic mass is 9.85. The van der Waals surface area contributed by atoms with Crippen LogP contribution in [0.5, 0.6) is 0 Å². The van der Waals surface area contributed by atoms with Crippen LogP contribution in [0.2, 0.25) is 0 Å². The first-order valence-corrected chi connectivity index (χ1v) is 9.69. The maximum atomic E-state index is 12.9. The maximum Gasteiger partial charge on any atom is 0.251 e. The van der Waals surface area contributed by atoms with Crippen molar-refractivity contribution in [2.75, 3.05) is 18.1 Å². The molecule has 1 N–H and O–H groups in total. The maximum absolute atomic E-state index is 12.9. The van der Waals surface area contributed by atoms with E-state index in [1.807, 2.05) is 0 Å². The van der Waals surface area contributed by atoms with E-state index in [0.717, 1.165) is 25.9 Å². The molecule has 5 rings (SSSR count). The molecule has 3 fully saturated rings. The Labute approximate surface area is 157 Å². The Bertz CT molecular complexity index is 812. The minimum absolute atomic E-state index is 0.0706. The predicted octanol–water partition coefficient (Wildman–Crippen LogP) is 1.91. The van der Waals surface area contributed by atoms with Crippen LogP contribution in [0, 0.1) is 23.7 Å². The molecule has 6 heteroatoms. The van der Waals surface area contributed by atoms with Crippen molar-refractivity contribution in [1.29, 1.82) is 0 Å². The largest absolute Gasteiger partial charge is 0.376 e. The topological polar surface area (TPSA) is 75.7 Å². The van der Waals surface area contributed by atoms with Crippen molar-refractivity contribution in [3.63, 3.8) is 0 Å². The number of nitrogens with zero attached hydrogens (tertiary/aromatic N) is 1. The zero-order valence-corrected chi connectivity index (χ0v) is 15.0. The average Bonchev–Trinajstić information content (AvgIpc) is 3.45. The van der Waals surface area contributed by atoms with Gasteiger partial charge < -0.3 is 10.1 Å². The third-order valence-electron chi connectivity index (χ3n) is 6.35. The number of ether oxygens (including phenoxy) is 1. The molecule has 0 aromatic heterocycles. The Hall–Kier alpha value is -2.47. The third kappa shape index (κ3) is 2.62. The number of hydrogen-bond acceptors (Lipinski definition) is 4. The van der Waals surface area contributed by atoms with Crippen molar-refractivity contribution >= 4 is 23.4 Å². The third-order valence-corrected chi connectivity index (χ3v) is 6.35. The summed E-state index contributed by atoms with van der Waals surface area (Å²) in [6.07, 6.45) is 7.11. The molecule has 6 nitrogen and oxygen atoms in total. The highest BCUT2D eigenvalue weighted by molar-refractivity contribution is 6.23. The molecule has 1 aromatic rings. The molecule has 5 atom stereocenters. The summed E-state index contributed by atoms with van der Waals surface area (Å²) in [6, 6.07) is 6.78. The molecule has 140 valence electrons. The van der Waals surface area contributed by atoms with Crippen LogP contribution in [-0.4, -0.2) is 37.0 Å². The van der Waals surface area contributed by atoms with Gasteiger partial charge in [0.05, 0.1) is 23.6 Å². The lowest BCUT2D eigenvalue weighted by molar-refractivity contribution is -0.123. The first-order valence-electron chi connectivity index (χ1n) is 9.69. The minimum atomic E-state index is -0.232. The number of nitrogens with one attached hydrogen (secondary N) is 1. The van der Waals surface area contributed by atoms with Crippen LogP contribution < -0.4 is 10.2 Å². The van der Waals surface area contributed by atoms with E-state index in [4.69, 9.17) is 4.74 Å². The standard InChI is InChI=1S/C21H22N2O4/c24-19(22-11-16-5-2-8-27-16)14-3-1-4-15(10-14)23-20(25)17-12-6-7-13(9-12)18(17)21(23)26/h1,3-4,6-7,10,12-13,16-18H,2,5,8-9,11H2,(H,22,24)/t12-,13-,16+,17-,18+/m1/s1. The van der Waals surface area contributed by atoms with Gasteiger partial charge in [-0.3, -0.25) is 14.4 Å². The van der Waals surface area contributed by atoms with Gasteiger partial charge in [-0.1, -0.05) is 18.2 Å². The van der Waals surface area contributed by atoms with E-state index in [1.165, 1.54) is 4.90 Å². The van der Waals surface area contributed by atoms with Gasteiger partial charge in [0.25, 0.3) is 5.91 Å². The SMILES string of the molecule is O=C(NC[C@@H]1CCCO1)c1cccc(N2C(=O)[C@@H]3[C@H](C2=O)[C@@H]2C=C[C@@H]3C2)c1. The number of benzene rings is 1. The summed E-state index contributed by atoms with van der Waals surface area (Å²) in [7, 11) is 0. The highest BCUT2D eigenvalue weighted by atomic mass is 16.5. The van der Waals surface area contributed by atoms with Gasteiger partial charge in [0.2, 0.25) is 11.8 Å². The molecule has 2 saturated heterocycles. The Morgan fingerprint density at radius 2 is 1.89 bits per heavy atom. The second kappa shape index (κ2) is 6.30. The normalized spacial score (nSPS) is 33.8. The zero-order chi connectivity index (χ0) is 18.5. The van der Waals surface area contributed by atoms with Crippen LogP contribution >= 0.6 is 0 Å². The number of rotatable bonds is 4. The Morgan fingerprint density at radius 1 is 1.15 bits per heavy atom. The van der Waals surface area contributed by atoms with E-state index >= 15 is 0 Å². The summed E-state index contributed by atoms with van der Waals surface area (Å²) in [5, 5.41) is 2.88. The van der Waals surface area contributed by atoms with Crippen LogP contribution in [0.3, 0.4) is 0 Å². The Morgan fingerprint density at radius 3 is 2.56 bits per heavy atom. The van der Waals surface area contributed by atoms with Gasteiger partial charge in [0.15, 0.2) is 0 Å². The molecule has 27 heavy (non-hydrogen) atoms. The van der Waals surface area contributed by atoms with E-state index in [-0.39, 0.29) is 47.5 Å². The second-order valence-corrected chi connectivity index (χ2v) is 7.91. The molecule has 2 heterocycles. The molecule has 0 unspecified atom stereocenters. The Balaban J connectivity index is 1.34. The number of imide groups is 1. The first-order chi connectivity index (χ1) is 13.1. The van der Waals surface area contributed by atoms with Gasteiger partial charge in [-0.2, -0.15) is 0 Å². The summed E-state index contributed by atoms with van der Waals surface area (Å²) in [4.78, 5) is 39.6. The molecular weight excluding hydrogens is 344 g/mol. The molecule has 2 aliphatic heterocycles. The number of anilines is 1. The van der Waals surface area contributed by atoms with E-state index in [0.29, 0.717) is 17.8 Å². The average molecular weight is 366 g/mol. The molecule has 1 aromatic carbocycles. The molecule has 4 aliphatic rings. The lowest BCUT2D eigenvalue weighted by Gasteiger charge is -2.18. The zero-order valence-electron chi connectivity index (χ0n) is 15.0. The Kier molecular flexibility index (Phi) is 3.90. The number of carbonyl (C=O) groups excluding carboxylic acids is 3. The van der Waals surface area contributed by atoms with E-state index in [1.54, 1.807) is 24.3 Å². The molecular formula is C21H22N2O4. The van der Waals surface area contributed by atoms with Crippen LogP contribution in [0.15, 0.2) is 36.4 Å². The number of amides is 3. The van der Waals surface area contributed by atoms with E-state index in [9.17, 15) is 14.4 Å². The fourth-order valence-electron chi connectivity index (χ4n) is 5.06. The fraction of sp³-hybridized carbons (Fsp3) is 0.476. The predicted molar refractivity (Wildman–Crippen MR) is 98.0 cm³/mol. The molecule has 1 saturated carbocycles. The van der Waals surface area contributed by atoms with Gasteiger partial charge in [-0.05, 0) is 49.3 Å². The molecule has 2 aliphatic carbocycles. The van der Waals surface area contributed by atoms with Crippen molar-refractivity contribution in [1.82, 2.24) is 5.32 Å². The quantitative estimate of drug-likeness (QED) is 0.652. The van der Waals surface area contributed by atoms with Crippen molar-refractivity contribution in [2.24, 2.45) is 23.7 Å². The monoisotopic (exact) mass is 366 g/mol. The fourth-order valence-corrected chi connectivity index (χ4v) is 5.06. The molecule has 0 spiro atoms. The lowest BCUT2D eigenvalue weighted by Crippen LogP contribution is -2.34. The molecule has 0 radical (unpaired) electrons. The summed E-state index contributed by atoms with van der Waals surface area (Å²) < 4.78 is 5.52. The van der Waals surface area contributed by atoms with E-state index < -0.39 is 0 Å². The van der Waals surface area contributed by atoms with Gasteiger partial charge >= 0.3 is 0 Å². The van der Waals surface area contributed by atoms with Crippen LogP contribution in [0.25, 0.3) is 0 Å². The van der Waals surface area contributed by atoms with E-state index in [2.05, 4.69) is 17.5 Å². The highest BCUT2D eigenvalue weighted by Crippen LogP contribution is 2.53. The van der Waals surface area contributed by atoms with Gasteiger partial charge in [-0.15, -0.1) is 0 Å². The van der Waals surface area contributed by atoms with Crippen molar-refractivity contribution in [2.45, 2.75) is 25.4 Å². The number of hydrogen-bond donors (Lipinski definition) is 1. The summed E-state index contributed by atoms with van der Waals surface area (Å²) in [6.45, 7) is 1.22. The van der Waals surface area contributed by atoms with Gasteiger partial charge in [0.1, 0.15) is 0 Å². The summed E-state index contributed by atoms with van der Waals surface area (Å²) in [5.74, 6) is -0.571. The van der Waals surface area contributed by atoms with Crippen molar-refractivity contribution in [3.05, 3.63) is 42.0 Å². The minimum Gasteiger partial charge on any atom is -0.376 e.